The minimum atomic E-state index is -0.608. The number of amides is 1. The van der Waals surface area contributed by atoms with Crippen molar-refractivity contribution in [2.24, 2.45) is 0 Å². The zero-order valence-electron chi connectivity index (χ0n) is 10.8. The topological polar surface area (TPSA) is 78.9 Å². The maximum atomic E-state index is 13.7. The van der Waals surface area contributed by atoms with Crippen LogP contribution in [0.25, 0.3) is 0 Å². The van der Waals surface area contributed by atoms with E-state index < -0.39 is 11.7 Å². The standard InChI is InChI=1S/C15H12FN3O/c1-9-2-4-12(13(16)6-9)15(20)19-14-5-3-11(18)7-10(14)8-17/h2-7H,18H2,1H3,(H,19,20). The van der Waals surface area contributed by atoms with E-state index in [1.54, 1.807) is 19.1 Å². The van der Waals surface area contributed by atoms with Crippen molar-refractivity contribution in [1.82, 2.24) is 0 Å². The van der Waals surface area contributed by atoms with E-state index >= 15 is 0 Å². The summed E-state index contributed by atoms with van der Waals surface area (Å²) in [7, 11) is 0. The number of nitrogens with zero attached hydrogens (tertiary/aromatic N) is 1. The third kappa shape index (κ3) is 2.75. The second-order valence-corrected chi connectivity index (χ2v) is 4.35. The molecule has 0 atom stereocenters. The fourth-order valence-corrected chi connectivity index (χ4v) is 1.76. The zero-order chi connectivity index (χ0) is 14.7. The number of carbonyl (C=O) groups excluding carboxylic acids is 1. The van der Waals surface area contributed by atoms with Crippen molar-refractivity contribution < 1.29 is 9.18 Å². The monoisotopic (exact) mass is 269 g/mol. The molecule has 0 spiro atoms. The Morgan fingerprint density at radius 2 is 2.05 bits per heavy atom. The molecule has 0 aromatic heterocycles. The summed E-state index contributed by atoms with van der Waals surface area (Å²) >= 11 is 0. The molecule has 0 fully saturated rings. The summed E-state index contributed by atoms with van der Waals surface area (Å²) in [5, 5.41) is 11.5. The molecule has 1 amide bonds. The lowest BCUT2D eigenvalue weighted by Crippen LogP contribution is -2.14. The molecule has 0 bridgehead atoms. The molecule has 0 unspecified atom stereocenters. The van der Waals surface area contributed by atoms with E-state index in [4.69, 9.17) is 11.0 Å². The number of nitrogens with one attached hydrogen (secondary N) is 1. The van der Waals surface area contributed by atoms with Crippen molar-refractivity contribution in [1.29, 1.82) is 5.26 Å². The number of hydrogen-bond acceptors (Lipinski definition) is 3. The van der Waals surface area contributed by atoms with E-state index in [2.05, 4.69) is 5.32 Å². The third-order valence-electron chi connectivity index (χ3n) is 2.78. The second kappa shape index (κ2) is 5.41. The predicted molar refractivity (Wildman–Crippen MR) is 74.7 cm³/mol. The molecule has 0 heterocycles. The minimum absolute atomic E-state index is 0.0729. The van der Waals surface area contributed by atoms with Crippen LogP contribution < -0.4 is 11.1 Å². The predicted octanol–water partition coefficient (Wildman–Crippen LogP) is 2.84. The van der Waals surface area contributed by atoms with Crippen molar-refractivity contribution in [3.05, 3.63) is 58.9 Å². The molecule has 0 aliphatic rings. The maximum absolute atomic E-state index is 13.7. The Bertz CT molecular complexity index is 720. The third-order valence-corrected chi connectivity index (χ3v) is 2.78. The number of hydrogen-bond donors (Lipinski definition) is 2. The van der Waals surface area contributed by atoms with Crippen LogP contribution in [0.15, 0.2) is 36.4 Å². The average Bonchev–Trinajstić information content (AvgIpc) is 2.40. The second-order valence-electron chi connectivity index (χ2n) is 4.35. The Morgan fingerprint density at radius 1 is 1.30 bits per heavy atom. The number of nitriles is 1. The van der Waals surface area contributed by atoms with E-state index in [1.165, 1.54) is 24.3 Å². The highest BCUT2D eigenvalue weighted by atomic mass is 19.1. The van der Waals surface area contributed by atoms with Crippen LogP contribution in [0.1, 0.15) is 21.5 Å². The summed E-state index contributed by atoms with van der Waals surface area (Å²) in [6.45, 7) is 1.73. The number of nitrogens with two attached hydrogens (primary N) is 1. The van der Waals surface area contributed by atoms with E-state index in [9.17, 15) is 9.18 Å². The Labute approximate surface area is 115 Å². The van der Waals surface area contributed by atoms with Crippen LogP contribution in [0.4, 0.5) is 15.8 Å². The quantitative estimate of drug-likeness (QED) is 0.823. The molecule has 0 saturated heterocycles. The lowest BCUT2D eigenvalue weighted by molar-refractivity contribution is 0.102. The number of aryl methyl sites for hydroxylation is 1. The molecule has 2 aromatic carbocycles. The van der Waals surface area contributed by atoms with Crippen LogP contribution in [0.5, 0.6) is 0 Å². The Hall–Kier alpha value is -2.87. The largest absolute Gasteiger partial charge is 0.399 e. The Balaban J connectivity index is 2.31. The van der Waals surface area contributed by atoms with Crippen LogP contribution in [0.3, 0.4) is 0 Å². The first-order chi connectivity index (χ1) is 9.51. The number of nitrogen functional groups attached to an aromatic ring is 1. The average molecular weight is 269 g/mol. The van der Waals surface area contributed by atoms with E-state index in [0.717, 1.165) is 5.56 Å². The van der Waals surface area contributed by atoms with E-state index in [1.807, 2.05) is 6.07 Å². The molecule has 2 aromatic rings. The number of rotatable bonds is 2. The van der Waals surface area contributed by atoms with Gasteiger partial charge >= 0.3 is 0 Å². The van der Waals surface area contributed by atoms with Crippen LogP contribution in [-0.2, 0) is 0 Å². The number of carbonyl (C=O) groups is 1. The Morgan fingerprint density at radius 3 is 2.70 bits per heavy atom. The van der Waals surface area contributed by atoms with Gasteiger partial charge in [-0.3, -0.25) is 4.79 Å². The first kappa shape index (κ1) is 13.6. The highest BCUT2D eigenvalue weighted by Crippen LogP contribution is 2.19. The summed E-state index contributed by atoms with van der Waals surface area (Å²) in [6, 6.07) is 10.8. The fraction of sp³-hybridized carbons (Fsp3) is 0.0667. The molecule has 0 radical (unpaired) electrons. The van der Waals surface area contributed by atoms with Crippen molar-refractivity contribution in [2.75, 3.05) is 11.1 Å². The summed E-state index contributed by atoms with van der Waals surface area (Å²) in [6.07, 6.45) is 0. The van der Waals surface area contributed by atoms with Crippen molar-refractivity contribution >= 4 is 17.3 Å². The van der Waals surface area contributed by atoms with Gasteiger partial charge in [-0.2, -0.15) is 5.26 Å². The van der Waals surface area contributed by atoms with Gasteiger partial charge in [-0.25, -0.2) is 4.39 Å². The fourth-order valence-electron chi connectivity index (χ4n) is 1.76. The summed E-state index contributed by atoms with van der Waals surface area (Å²) in [4.78, 5) is 12.0. The SMILES string of the molecule is Cc1ccc(C(=O)Nc2ccc(N)cc2C#N)c(F)c1. The summed E-state index contributed by atoms with van der Waals surface area (Å²) in [5.74, 6) is -1.21. The lowest BCUT2D eigenvalue weighted by atomic mass is 10.1. The summed E-state index contributed by atoms with van der Waals surface area (Å²) < 4.78 is 13.7. The minimum Gasteiger partial charge on any atom is -0.399 e. The Kier molecular flexibility index (Phi) is 3.67. The molecule has 4 nitrogen and oxygen atoms in total. The van der Waals surface area contributed by atoms with Crippen LogP contribution in [0, 0.1) is 24.1 Å². The van der Waals surface area contributed by atoms with Gasteiger partial charge in [0, 0.05) is 5.69 Å². The van der Waals surface area contributed by atoms with Crippen LogP contribution >= 0.6 is 0 Å². The summed E-state index contributed by atoms with van der Waals surface area (Å²) in [5.41, 5.74) is 7.16. The number of anilines is 2. The van der Waals surface area contributed by atoms with Gasteiger partial charge in [0.25, 0.3) is 5.91 Å². The first-order valence-corrected chi connectivity index (χ1v) is 5.88. The highest BCUT2D eigenvalue weighted by Gasteiger charge is 2.13. The zero-order valence-corrected chi connectivity index (χ0v) is 10.8. The molecule has 3 N–H and O–H groups in total. The van der Waals surface area contributed by atoms with Gasteiger partial charge in [0.1, 0.15) is 11.9 Å². The van der Waals surface area contributed by atoms with E-state index in [0.29, 0.717) is 11.4 Å². The molecule has 0 aliphatic carbocycles. The van der Waals surface area contributed by atoms with Crippen molar-refractivity contribution in [3.63, 3.8) is 0 Å². The van der Waals surface area contributed by atoms with Gasteiger partial charge in [0.2, 0.25) is 0 Å². The lowest BCUT2D eigenvalue weighted by Gasteiger charge is -2.08. The van der Waals surface area contributed by atoms with Crippen molar-refractivity contribution in [2.45, 2.75) is 6.92 Å². The molecule has 0 aliphatic heterocycles. The van der Waals surface area contributed by atoms with Gasteiger partial charge in [0.05, 0.1) is 16.8 Å². The highest BCUT2D eigenvalue weighted by molar-refractivity contribution is 6.05. The van der Waals surface area contributed by atoms with Gasteiger partial charge in [0.15, 0.2) is 0 Å². The molecular weight excluding hydrogens is 257 g/mol. The van der Waals surface area contributed by atoms with Crippen LogP contribution in [0.2, 0.25) is 0 Å². The molecule has 100 valence electrons. The van der Waals surface area contributed by atoms with Gasteiger partial charge < -0.3 is 11.1 Å². The number of halogens is 1. The van der Waals surface area contributed by atoms with Crippen LogP contribution in [-0.4, -0.2) is 5.91 Å². The normalized spacial score (nSPS) is 9.85. The van der Waals surface area contributed by atoms with Gasteiger partial charge in [-0.1, -0.05) is 6.07 Å². The molecule has 5 heteroatoms. The maximum Gasteiger partial charge on any atom is 0.258 e. The van der Waals surface area contributed by atoms with Gasteiger partial charge in [-0.05, 0) is 42.8 Å². The molecule has 20 heavy (non-hydrogen) atoms. The molecule has 2 rings (SSSR count). The van der Waals surface area contributed by atoms with Crippen molar-refractivity contribution in [3.8, 4) is 6.07 Å². The van der Waals surface area contributed by atoms with Gasteiger partial charge in [-0.15, -0.1) is 0 Å². The molecular formula is C15H12FN3O. The first-order valence-electron chi connectivity index (χ1n) is 5.88. The number of benzene rings is 2. The smallest absolute Gasteiger partial charge is 0.258 e. The van der Waals surface area contributed by atoms with E-state index in [-0.39, 0.29) is 11.1 Å². The molecule has 0 saturated carbocycles.